The van der Waals surface area contributed by atoms with Crippen molar-refractivity contribution in [1.29, 1.82) is 0 Å². The van der Waals surface area contributed by atoms with Gasteiger partial charge in [0, 0.05) is 17.3 Å². The highest BCUT2D eigenvalue weighted by molar-refractivity contribution is 5.87. The smallest absolute Gasteiger partial charge is 0.127 e. The first-order valence-electron chi connectivity index (χ1n) is 6.26. The van der Waals surface area contributed by atoms with Crippen LogP contribution in [0.3, 0.4) is 0 Å². The average Bonchev–Trinajstić information content (AvgIpc) is 2.84. The minimum atomic E-state index is 0.626. The first-order chi connectivity index (χ1) is 9.27. The molecule has 0 spiro atoms. The Labute approximate surface area is 113 Å². The van der Waals surface area contributed by atoms with Crippen LogP contribution in [-0.4, -0.2) is 11.6 Å². The molecule has 0 saturated heterocycles. The number of rotatable bonds is 5. The van der Waals surface area contributed by atoms with Crippen molar-refractivity contribution in [3.8, 4) is 5.75 Å². The molecule has 2 aromatic rings. The van der Waals surface area contributed by atoms with E-state index in [1.165, 1.54) is 0 Å². The number of allylic oxidation sites excluding steroid dienone is 2. The van der Waals surface area contributed by atoms with Crippen LogP contribution in [0, 0.1) is 0 Å². The molecule has 0 fully saturated rings. The van der Waals surface area contributed by atoms with Crippen LogP contribution in [-0.2, 0) is 0 Å². The van der Waals surface area contributed by atoms with E-state index in [0.717, 1.165) is 22.4 Å². The van der Waals surface area contributed by atoms with Gasteiger partial charge in [0.1, 0.15) is 11.6 Å². The van der Waals surface area contributed by atoms with Crippen molar-refractivity contribution in [2.45, 2.75) is 6.92 Å². The second-order valence-corrected chi connectivity index (χ2v) is 4.05. The van der Waals surface area contributed by atoms with Gasteiger partial charge in [0.05, 0.1) is 6.61 Å². The van der Waals surface area contributed by atoms with E-state index in [-0.39, 0.29) is 0 Å². The van der Waals surface area contributed by atoms with E-state index in [2.05, 4.69) is 11.6 Å². The number of anilines is 1. The van der Waals surface area contributed by atoms with Gasteiger partial charge in [-0.3, -0.25) is 0 Å². The Morgan fingerprint density at radius 1 is 1.32 bits per heavy atom. The van der Waals surface area contributed by atoms with Gasteiger partial charge in [-0.05, 0) is 24.6 Å². The third-order valence-corrected chi connectivity index (χ3v) is 2.83. The predicted molar refractivity (Wildman–Crippen MR) is 80.1 cm³/mol. The molecular formula is C16H18N2O. The van der Waals surface area contributed by atoms with Crippen molar-refractivity contribution in [1.82, 2.24) is 4.98 Å². The SMILES string of the molecule is C=C/C=C(/c1ccccc1OCC)c1cc[nH]c1N. The first kappa shape index (κ1) is 13.0. The largest absolute Gasteiger partial charge is 0.493 e. The summed E-state index contributed by atoms with van der Waals surface area (Å²) in [5, 5.41) is 0. The van der Waals surface area contributed by atoms with Gasteiger partial charge < -0.3 is 15.5 Å². The summed E-state index contributed by atoms with van der Waals surface area (Å²) >= 11 is 0. The number of ether oxygens (including phenoxy) is 1. The fraction of sp³-hybridized carbons (Fsp3) is 0.125. The summed E-state index contributed by atoms with van der Waals surface area (Å²) in [6.45, 7) is 6.37. The molecule has 0 aliphatic carbocycles. The maximum Gasteiger partial charge on any atom is 0.127 e. The fourth-order valence-corrected chi connectivity index (χ4v) is 2.03. The number of aromatic nitrogens is 1. The fourth-order valence-electron chi connectivity index (χ4n) is 2.03. The molecule has 0 unspecified atom stereocenters. The molecule has 2 rings (SSSR count). The number of nitrogen functional groups attached to an aromatic ring is 1. The number of H-pyrrole nitrogens is 1. The summed E-state index contributed by atoms with van der Waals surface area (Å²) in [6, 6.07) is 9.87. The number of aromatic amines is 1. The zero-order valence-corrected chi connectivity index (χ0v) is 11.0. The molecule has 19 heavy (non-hydrogen) atoms. The summed E-state index contributed by atoms with van der Waals surface area (Å²) < 4.78 is 5.68. The number of hydrogen-bond donors (Lipinski definition) is 2. The monoisotopic (exact) mass is 254 g/mol. The van der Waals surface area contributed by atoms with Crippen LogP contribution in [0.5, 0.6) is 5.75 Å². The molecule has 3 N–H and O–H groups in total. The van der Waals surface area contributed by atoms with Gasteiger partial charge in [-0.1, -0.05) is 36.9 Å². The van der Waals surface area contributed by atoms with Gasteiger partial charge in [0.25, 0.3) is 0 Å². The topological polar surface area (TPSA) is 51.0 Å². The maximum atomic E-state index is 5.96. The van der Waals surface area contributed by atoms with Crippen molar-refractivity contribution in [2.24, 2.45) is 0 Å². The summed E-state index contributed by atoms with van der Waals surface area (Å²) in [5.74, 6) is 1.48. The molecule has 3 heteroatoms. The first-order valence-corrected chi connectivity index (χ1v) is 6.26. The molecule has 3 nitrogen and oxygen atoms in total. The molecule has 1 aromatic heterocycles. The van der Waals surface area contributed by atoms with Gasteiger partial charge in [0.2, 0.25) is 0 Å². The van der Waals surface area contributed by atoms with E-state index < -0.39 is 0 Å². The molecule has 0 aliphatic rings. The highest BCUT2D eigenvalue weighted by Gasteiger charge is 2.13. The Bertz CT molecular complexity index is 596. The minimum Gasteiger partial charge on any atom is -0.493 e. The Balaban J connectivity index is 2.55. The third kappa shape index (κ3) is 2.71. The Kier molecular flexibility index (Phi) is 4.08. The van der Waals surface area contributed by atoms with E-state index in [4.69, 9.17) is 10.5 Å². The van der Waals surface area contributed by atoms with Crippen LogP contribution < -0.4 is 10.5 Å². The molecule has 0 radical (unpaired) electrons. The molecule has 1 heterocycles. The minimum absolute atomic E-state index is 0.626. The van der Waals surface area contributed by atoms with Gasteiger partial charge in [-0.2, -0.15) is 0 Å². The normalized spacial score (nSPS) is 11.3. The van der Waals surface area contributed by atoms with Crippen LogP contribution >= 0.6 is 0 Å². The van der Waals surface area contributed by atoms with E-state index in [1.54, 1.807) is 6.08 Å². The third-order valence-electron chi connectivity index (χ3n) is 2.83. The molecule has 0 saturated carbocycles. The highest BCUT2D eigenvalue weighted by Crippen LogP contribution is 2.33. The number of nitrogens with two attached hydrogens (primary N) is 1. The van der Waals surface area contributed by atoms with E-state index >= 15 is 0 Å². The Morgan fingerprint density at radius 2 is 2.11 bits per heavy atom. The Hall–Kier alpha value is -2.42. The Morgan fingerprint density at radius 3 is 2.74 bits per heavy atom. The van der Waals surface area contributed by atoms with Crippen molar-refractivity contribution in [3.63, 3.8) is 0 Å². The van der Waals surface area contributed by atoms with Crippen LogP contribution in [0.25, 0.3) is 5.57 Å². The quantitative estimate of drug-likeness (QED) is 0.801. The average molecular weight is 254 g/mol. The lowest BCUT2D eigenvalue weighted by atomic mass is 9.98. The van der Waals surface area contributed by atoms with Crippen LogP contribution in [0.2, 0.25) is 0 Å². The lowest BCUT2D eigenvalue weighted by Crippen LogP contribution is -1.98. The van der Waals surface area contributed by atoms with Crippen molar-refractivity contribution in [3.05, 3.63) is 66.4 Å². The number of nitrogens with one attached hydrogen (secondary N) is 1. The highest BCUT2D eigenvalue weighted by atomic mass is 16.5. The standard InChI is InChI=1S/C16H18N2O/c1-3-7-12(14-10-11-18-16(14)17)13-8-5-6-9-15(13)19-4-2/h3,5-11,18H,1,4,17H2,2H3/b12-7-. The van der Waals surface area contributed by atoms with Crippen molar-refractivity contribution < 1.29 is 4.74 Å². The second-order valence-electron chi connectivity index (χ2n) is 4.05. The van der Waals surface area contributed by atoms with Crippen molar-refractivity contribution >= 4 is 11.4 Å². The van der Waals surface area contributed by atoms with Gasteiger partial charge >= 0.3 is 0 Å². The summed E-state index contributed by atoms with van der Waals surface area (Å²) in [7, 11) is 0. The molecule has 98 valence electrons. The second kappa shape index (κ2) is 5.96. The molecular weight excluding hydrogens is 236 g/mol. The lowest BCUT2D eigenvalue weighted by Gasteiger charge is -2.13. The molecule has 0 amide bonds. The van der Waals surface area contributed by atoms with Gasteiger partial charge in [0.15, 0.2) is 0 Å². The van der Waals surface area contributed by atoms with Gasteiger partial charge in [-0.25, -0.2) is 0 Å². The zero-order chi connectivity index (χ0) is 13.7. The van der Waals surface area contributed by atoms with Crippen LogP contribution in [0.15, 0.2) is 55.3 Å². The number of para-hydroxylation sites is 1. The number of hydrogen-bond acceptors (Lipinski definition) is 2. The molecule has 0 bridgehead atoms. The summed E-state index contributed by atoms with van der Waals surface area (Å²) in [5.41, 5.74) is 8.92. The lowest BCUT2D eigenvalue weighted by molar-refractivity contribution is 0.339. The number of benzene rings is 1. The summed E-state index contributed by atoms with van der Waals surface area (Å²) in [4.78, 5) is 2.99. The zero-order valence-electron chi connectivity index (χ0n) is 11.0. The molecule has 0 atom stereocenters. The van der Waals surface area contributed by atoms with E-state index in [9.17, 15) is 0 Å². The van der Waals surface area contributed by atoms with Crippen LogP contribution in [0.4, 0.5) is 5.82 Å². The van der Waals surface area contributed by atoms with Gasteiger partial charge in [-0.15, -0.1) is 0 Å². The van der Waals surface area contributed by atoms with E-state index in [0.29, 0.717) is 12.4 Å². The molecule has 1 aromatic carbocycles. The van der Waals surface area contributed by atoms with Crippen LogP contribution in [0.1, 0.15) is 18.1 Å². The van der Waals surface area contributed by atoms with E-state index in [1.807, 2.05) is 49.5 Å². The summed E-state index contributed by atoms with van der Waals surface area (Å²) in [6.07, 6.45) is 5.52. The van der Waals surface area contributed by atoms with Crippen molar-refractivity contribution in [2.75, 3.05) is 12.3 Å². The molecule has 0 aliphatic heterocycles. The maximum absolute atomic E-state index is 5.96. The predicted octanol–water partition coefficient (Wildman–Crippen LogP) is 3.61.